The van der Waals surface area contributed by atoms with Crippen LogP contribution in [0.5, 0.6) is 0 Å². The van der Waals surface area contributed by atoms with Crippen molar-refractivity contribution in [3.05, 3.63) is 5.69 Å². The largest absolute Gasteiger partial charge is 0.389 e. The molecule has 5 rings (SSSR count). The van der Waals surface area contributed by atoms with Gasteiger partial charge in [-0.1, -0.05) is 0 Å². The summed E-state index contributed by atoms with van der Waals surface area (Å²) in [5.41, 5.74) is 1.13. The van der Waals surface area contributed by atoms with Gasteiger partial charge in [-0.25, -0.2) is 0 Å². The molecule has 3 nitrogen and oxygen atoms in total. The molecule has 4 fully saturated rings. The molecule has 4 bridgehead atoms. The number of nitrogens with zero attached hydrogens (tertiary/aromatic N) is 3. The van der Waals surface area contributed by atoms with E-state index in [0.29, 0.717) is 11.8 Å². The summed E-state index contributed by atoms with van der Waals surface area (Å²) in [5.74, 6) is 1.40. The van der Waals surface area contributed by atoms with Crippen LogP contribution >= 0.6 is 23.5 Å². The van der Waals surface area contributed by atoms with Crippen molar-refractivity contribution in [3.63, 3.8) is 0 Å². The topological polar surface area (TPSA) is 29.0 Å². The van der Waals surface area contributed by atoms with Gasteiger partial charge in [0.05, 0.1) is 23.8 Å². The molecular weight excluding hydrogens is 295 g/mol. The lowest BCUT2D eigenvalue weighted by Gasteiger charge is -2.10. The van der Waals surface area contributed by atoms with Crippen molar-refractivity contribution < 1.29 is 13.2 Å². The van der Waals surface area contributed by atoms with Crippen LogP contribution < -0.4 is 0 Å². The van der Waals surface area contributed by atoms with Gasteiger partial charge in [-0.05, 0) is 11.8 Å². The number of halogens is 3. The number of thioether (sulfide) groups is 1. The number of alkyl halides is 3. The lowest BCUT2D eigenvalue weighted by atomic mass is 10.0. The molecule has 0 N–H and O–H groups in total. The molecule has 19 heavy (non-hydrogen) atoms. The molecule has 104 valence electrons. The van der Waals surface area contributed by atoms with Gasteiger partial charge in [0.2, 0.25) is 0 Å². The molecule has 0 aromatic carbocycles. The Morgan fingerprint density at radius 2 is 2.05 bits per heavy atom. The molecule has 1 saturated carbocycles. The third-order valence-electron chi connectivity index (χ3n) is 4.62. The molecule has 1 aliphatic carbocycles. The second-order valence-electron chi connectivity index (χ2n) is 5.58. The van der Waals surface area contributed by atoms with Gasteiger partial charge in [-0.2, -0.15) is 21.9 Å². The molecule has 2 atom stereocenters. The Balaban J connectivity index is 1.49. The molecule has 1 aromatic rings. The summed E-state index contributed by atoms with van der Waals surface area (Å²) >= 11 is 2.35. The van der Waals surface area contributed by atoms with Crippen molar-refractivity contribution in [2.45, 2.75) is 23.0 Å². The minimum atomic E-state index is -4.09. The Hall–Kier alpha value is -0.340. The van der Waals surface area contributed by atoms with Crippen molar-refractivity contribution in [1.29, 1.82) is 0 Å². The van der Waals surface area contributed by atoms with Crippen molar-refractivity contribution in [2.24, 2.45) is 11.8 Å². The predicted octanol–water partition coefficient (Wildman–Crippen LogP) is 2.40. The van der Waals surface area contributed by atoms with Crippen molar-refractivity contribution >= 4 is 23.5 Å². The third-order valence-corrected chi connectivity index (χ3v) is 6.23. The number of piperidine rings is 3. The molecule has 2 unspecified atom stereocenters. The molecule has 0 spiro atoms. The number of hydrogen-bond acceptors (Lipinski definition) is 5. The minimum Gasteiger partial charge on any atom is -0.302 e. The summed E-state index contributed by atoms with van der Waals surface area (Å²) in [4.78, 5) is 2.43. The minimum absolute atomic E-state index is 0.0387. The van der Waals surface area contributed by atoms with Gasteiger partial charge in [0.15, 0.2) is 0 Å². The molecule has 0 radical (unpaired) electrons. The van der Waals surface area contributed by atoms with E-state index in [2.05, 4.69) is 13.6 Å². The first-order valence-electron chi connectivity index (χ1n) is 6.26. The van der Waals surface area contributed by atoms with Crippen LogP contribution in [0.1, 0.15) is 12.1 Å². The van der Waals surface area contributed by atoms with Crippen molar-refractivity contribution in [2.75, 3.05) is 25.4 Å². The predicted molar refractivity (Wildman–Crippen MR) is 66.4 cm³/mol. The molecular formula is C11H12F3N3S2. The smallest absolute Gasteiger partial charge is 0.302 e. The highest BCUT2D eigenvalue weighted by Crippen LogP contribution is 2.70. The van der Waals surface area contributed by atoms with Crippen LogP contribution in [-0.2, 0) is 5.41 Å². The van der Waals surface area contributed by atoms with Crippen LogP contribution in [0.2, 0.25) is 0 Å². The Kier molecular flexibility index (Phi) is 2.52. The summed E-state index contributed by atoms with van der Waals surface area (Å²) in [6.07, 6.45) is -4.85. The van der Waals surface area contributed by atoms with E-state index < -0.39 is 12.6 Å². The van der Waals surface area contributed by atoms with Crippen LogP contribution in [0.3, 0.4) is 0 Å². The fraction of sp³-hybridized carbons (Fsp3) is 0.818. The SMILES string of the molecule is FC(F)(F)CCSc1nsnc1C12CN3CC1C2C3. The van der Waals surface area contributed by atoms with E-state index in [1.54, 1.807) is 0 Å². The first-order chi connectivity index (χ1) is 9.01. The van der Waals surface area contributed by atoms with Gasteiger partial charge in [0.1, 0.15) is 5.03 Å². The van der Waals surface area contributed by atoms with Crippen LogP contribution in [0, 0.1) is 11.8 Å². The highest BCUT2D eigenvalue weighted by Gasteiger charge is 2.76. The lowest BCUT2D eigenvalue weighted by molar-refractivity contribution is -0.129. The number of rotatable bonds is 4. The van der Waals surface area contributed by atoms with Gasteiger partial charge in [0.25, 0.3) is 0 Å². The summed E-state index contributed by atoms with van der Waals surface area (Å²) in [6, 6.07) is 0. The Morgan fingerprint density at radius 1 is 1.32 bits per heavy atom. The zero-order valence-corrected chi connectivity index (χ0v) is 11.6. The van der Waals surface area contributed by atoms with Gasteiger partial charge < -0.3 is 4.90 Å². The molecule has 3 aliphatic heterocycles. The number of aromatic nitrogens is 2. The van der Waals surface area contributed by atoms with Crippen LogP contribution in [0.25, 0.3) is 0 Å². The quantitative estimate of drug-likeness (QED) is 0.799. The van der Waals surface area contributed by atoms with Crippen LogP contribution in [0.15, 0.2) is 5.03 Å². The highest BCUT2D eigenvalue weighted by molar-refractivity contribution is 7.99. The second kappa shape index (κ2) is 3.85. The van der Waals surface area contributed by atoms with Crippen LogP contribution in [-0.4, -0.2) is 45.2 Å². The average Bonchev–Trinajstić information content (AvgIpc) is 2.89. The van der Waals surface area contributed by atoms with E-state index in [-0.39, 0.29) is 11.2 Å². The van der Waals surface area contributed by atoms with Gasteiger partial charge in [-0.15, -0.1) is 11.8 Å². The normalized spacial score (nSPS) is 39.0. The molecule has 8 heteroatoms. The maximum atomic E-state index is 12.2. The Morgan fingerprint density at radius 3 is 2.63 bits per heavy atom. The van der Waals surface area contributed by atoms with Crippen LogP contribution in [0.4, 0.5) is 13.2 Å². The molecule has 1 aromatic heterocycles. The summed E-state index contributed by atoms with van der Waals surface area (Å²) in [6.45, 7) is 3.30. The summed E-state index contributed by atoms with van der Waals surface area (Å²) < 4.78 is 45.2. The van der Waals surface area contributed by atoms with E-state index in [1.165, 1.54) is 11.8 Å². The lowest BCUT2D eigenvalue weighted by Crippen LogP contribution is -2.17. The van der Waals surface area contributed by atoms with Crippen molar-refractivity contribution in [1.82, 2.24) is 13.6 Å². The van der Waals surface area contributed by atoms with E-state index in [1.807, 2.05) is 0 Å². The highest BCUT2D eigenvalue weighted by atomic mass is 32.2. The third kappa shape index (κ3) is 1.76. The number of hydrogen-bond donors (Lipinski definition) is 0. The van der Waals surface area contributed by atoms with E-state index in [9.17, 15) is 13.2 Å². The van der Waals surface area contributed by atoms with Gasteiger partial charge in [0, 0.05) is 30.8 Å². The van der Waals surface area contributed by atoms with E-state index >= 15 is 0 Å². The molecule has 3 saturated heterocycles. The maximum absolute atomic E-state index is 12.2. The fourth-order valence-electron chi connectivity index (χ4n) is 3.80. The maximum Gasteiger partial charge on any atom is 0.389 e. The van der Waals surface area contributed by atoms with E-state index in [0.717, 1.165) is 42.1 Å². The van der Waals surface area contributed by atoms with E-state index in [4.69, 9.17) is 0 Å². The van der Waals surface area contributed by atoms with Gasteiger partial charge >= 0.3 is 6.18 Å². The monoisotopic (exact) mass is 307 g/mol. The zero-order chi connectivity index (χ0) is 13.3. The molecule has 4 aliphatic rings. The fourth-order valence-corrected chi connectivity index (χ4v) is 5.61. The zero-order valence-electron chi connectivity index (χ0n) is 9.98. The summed E-state index contributed by atoms with van der Waals surface area (Å²) in [7, 11) is 0. The Labute approximate surface area is 116 Å². The average molecular weight is 307 g/mol. The van der Waals surface area contributed by atoms with Crippen molar-refractivity contribution in [3.8, 4) is 0 Å². The van der Waals surface area contributed by atoms with Gasteiger partial charge in [-0.3, -0.25) is 0 Å². The molecule has 4 heterocycles. The summed E-state index contributed by atoms with van der Waals surface area (Å²) in [5, 5.41) is 0.741. The first kappa shape index (κ1) is 12.4. The molecule has 0 amide bonds. The Bertz CT molecular complexity index is 504. The standard InChI is InChI=1S/C11H12F3N3S2/c12-11(13,14)1-2-18-9-8(15-19-16-9)10-5-17-3-6(10)7(10)4-17/h6-7H,1-5H2. The second-order valence-corrected chi connectivity index (χ2v) is 7.19. The first-order valence-corrected chi connectivity index (χ1v) is 7.97.